The van der Waals surface area contributed by atoms with E-state index in [0.717, 1.165) is 32.2 Å². The zero-order chi connectivity index (χ0) is 14.2. The third kappa shape index (κ3) is 4.80. The van der Waals surface area contributed by atoms with Crippen molar-refractivity contribution in [2.24, 2.45) is 0 Å². The second kappa shape index (κ2) is 8.27. The summed E-state index contributed by atoms with van der Waals surface area (Å²) in [6.45, 7) is 3.73. The van der Waals surface area contributed by atoms with Gasteiger partial charge in [-0.25, -0.2) is 4.98 Å². The Morgan fingerprint density at radius 1 is 1.35 bits per heavy atom. The Morgan fingerprint density at radius 3 is 2.90 bits per heavy atom. The van der Waals surface area contributed by atoms with Gasteiger partial charge in [-0.2, -0.15) is 0 Å². The number of nitrogens with zero attached hydrogens (tertiary/aromatic N) is 3. The lowest BCUT2D eigenvalue weighted by molar-refractivity contribution is 0.159. The van der Waals surface area contributed by atoms with Gasteiger partial charge in [0.1, 0.15) is 0 Å². The number of nitrogens with one attached hydrogen (secondary N) is 1. The van der Waals surface area contributed by atoms with Gasteiger partial charge in [-0.05, 0) is 19.9 Å². The van der Waals surface area contributed by atoms with Gasteiger partial charge in [-0.3, -0.25) is 0 Å². The predicted molar refractivity (Wildman–Crippen MR) is 82.1 cm³/mol. The molecule has 0 saturated heterocycles. The molecule has 1 N–H and O–H groups in total. The fraction of sp³-hybridized carbons (Fsp3) is 0.800. The van der Waals surface area contributed by atoms with E-state index >= 15 is 0 Å². The molecule has 0 atom stereocenters. The molecule has 5 nitrogen and oxygen atoms in total. The standard InChI is InChI=1S/C15H28N4O/c1-18(12-13-20-2)10-11-19-9-8-16-15(19)17-14-6-4-3-5-7-14/h8-9,14H,3-7,10-13H2,1-2H3,(H,16,17). The number of imidazole rings is 1. The van der Waals surface area contributed by atoms with E-state index in [1.807, 2.05) is 6.20 Å². The molecular weight excluding hydrogens is 252 g/mol. The number of anilines is 1. The second-order valence-electron chi connectivity index (χ2n) is 5.72. The van der Waals surface area contributed by atoms with Crippen molar-refractivity contribution in [2.75, 3.05) is 39.2 Å². The minimum absolute atomic E-state index is 0.608. The molecule has 0 amide bonds. The number of hydrogen-bond acceptors (Lipinski definition) is 4. The molecule has 1 fully saturated rings. The Labute approximate surface area is 122 Å². The van der Waals surface area contributed by atoms with Crippen molar-refractivity contribution in [3.05, 3.63) is 12.4 Å². The molecule has 0 aromatic carbocycles. The zero-order valence-electron chi connectivity index (χ0n) is 12.8. The number of aromatic nitrogens is 2. The van der Waals surface area contributed by atoms with Crippen LogP contribution in [0.25, 0.3) is 0 Å². The number of ether oxygens (including phenoxy) is 1. The van der Waals surface area contributed by atoms with Gasteiger partial charge in [-0.15, -0.1) is 0 Å². The SMILES string of the molecule is COCCN(C)CCn1ccnc1NC1CCCCC1. The molecule has 1 heterocycles. The largest absolute Gasteiger partial charge is 0.383 e. The minimum atomic E-state index is 0.608. The Hall–Kier alpha value is -1.07. The zero-order valence-corrected chi connectivity index (χ0v) is 12.8. The summed E-state index contributed by atoms with van der Waals surface area (Å²) < 4.78 is 7.32. The van der Waals surface area contributed by atoms with Crippen LogP contribution in [0.3, 0.4) is 0 Å². The molecule has 2 rings (SSSR count). The van der Waals surface area contributed by atoms with Crippen LogP contribution < -0.4 is 5.32 Å². The van der Waals surface area contributed by atoms with E-state index in [1.165, 1.54) is 32.1 Å². The van der Waals surface area contributed by atoms with Gasteiger partial charge in [0.05, 0.1) is 6.61 Å². The molecular formula is C15H28N4O. The van der Waals surface area contributed by atoms with Gasteiger partial charge in [0.15, 0.2) is 0 Å². The number of likely N-dealkylation sites (N-methyl/N-ethyl adjacent to an activating group) is 1. The molecule has 1 aliphatic carbocycles. The summed E-state index contributed by atoms with van der Waals surface area (Å²) in [4.78, 5) is 6.74. The molecule has 1 aromatic heterocycles. The molecule has 0 aliphatic heterocycles. The summed E-state index contributed by atoms with van der Waals surface area (Å²) in [5, 5.41) is 3.61. The maximum Gasteiger partial charge on any atom is 0.203 e. The van der Waals surface area contributed by atoms with E-state index in [9.17, 15) is 0 Å². The lowest BCUT2D eigenvalue weighted by atomic mass is 9.96. The van der Waals surface area contributed by atoms with Crippen LogP contribution in [0.1, 0.15) is 32.1 Å². The first-order valence-corrected chi connectivity index (χ1v) is 7.74. The van der Waals surface area contributed by atoms with Crippen molar-refractivity contribution in [3.8, 4) is 0 Å². The van der Waals surface area contributed by atoms with Crippen LogP contribution in [0.4, 0.5) is 5.95 Å². The van der Waals surface area contributed by atoms with E-state index in [2.05, 4.69) is 33.0 Å². The molecule has 0 bridgehead atoms. The lowest BCUT2D eigenvalue weighted by Crippen LogP contribution is -2.28. The quantitative estimate of drug-likeness (QED) is 0.793. The molecule has 20 heavy (non-hydrogen) atoms. The highest BCUT2D eigenvalue weighted by atomic mass is 16.5. The van der Waals surface area contributed by atoms with Crippen LogP contribution >= 0.6 is 0 Å². The highest BCUT2D eigenvalue weighted by molar-refractivity contribution is 5.27. The smallest absolute Gasteiger partial charge is 0.203 e. The van der Waals surface area contributed by atoms with Crippen LogP contribution in [0.2, 0.25) is 0 Å². The van der Waals surface area contributed by atoms with Crippen LogP contribution in [0.15, 0.2) is 12.4 Å². The van der Waals surface area contributed by atoms with Crippen molar-refractivity contribution < 1.29 is 4.74 Å². The highest BCUT2D eigenvalue weighted by Gasteiger charge is 2.15. The number of hydrogen-bond donors (Lipinski definition) is 1. The molecule has 1 aromatic rings. The Bertz CT molecular complexity index is 374. The van der Waals surface area contributed by atoms with Gasteiger partial charge in [0.2, 0.25) is 5.95 Å². The predicted octanol–water partition coefficient (Wildman–Crippen LogP) is 2.21. The monoisotopic (exact) mass is 280 g/mol. The van der Waals surface area contributed by atoms with Crippen LogP contribution in [0.5, 0.6) is 0 Å². The van der Waals surface area contributed by atoms with Gasteiger partial charge in [0, 0.05) is 45.2 Å². The van der Waals surface area contributed by atoms with Gasteiger partial charge in [-0.1, -0.05) is 19.3 Å². The van der Waals surface area contributed by atoms with E-state index in [1.54, 1.807) is 7.11 Å². The lowest BCUT2D eigenvalue weighted by Gasteiger charge is -2.24. The molecule has 0 spiro atoms. The Balaban J connectivity index is 1.78. The minimum Gasteiger partial charge on any atom is -0.383 e. The van der Waals surface area contributed by atoms with Crippen LogP contribution in [-0.4, -0.2) is 54.3 Å². The van der Waals surface area contributed by atoms with Crippen molar-refractivity contribution in [2.45, 2.75) is 44.7 Å². The summed E-state index contributed by atoms with van der Waals surface area (Å²) in [5.41, 5.74) is 0. The molecule has 1 aliphatic rings. The first kappa shape index (κ1) is 15.3. The maximum absolute atomic E-state index is 5.10. The van der Waals surface area contributed by atoms with E-state index in [-0.39, 0.29) is 0 Å². The van der Waals surface area contributed by atoms with Crippen molar-refractivity contribution in [1.82, 2.24) is 14.5 Å². The van der Waals surface area contributed by atoms with Gasteiger partial charge in [0.25, 0.3) is 0 Å². The fourth-order valence-corrected chi connectivity index (χ4v) is 2.70. The second-order valence-corrected chi connectivity index (χ2v) is 5.72. The molecule has 0 radical (unpaired) electrons. The average Bonchev–Trinajstić information content (AvgIpc) is 2.91. The Morgan fingerprint density at radius 2 is 2.15 bits per heavy atom. The maximum atomic E-state index is 5.10. The van der Waals surface area contributed by atoms with Crippen LogP contribution in [-0.2, 0) is 11.3 Å². The van der Waals surface area contributed by atoms with E-state index in [4.69, 9.17) is 4.74 Å². The topological polar surface area (TPSA) is 42.3 Å². The van der Waals surface area contributed by atoms with Crippen molar-refractivity contribution >= 4 is 5.95 Å². The summed E-state index contributed by atoms with van der Waals surface area (Å²) >= 11 is 0. The average molecular weight is 280 g/mol. The van der Waals surface area contributed by atoms with Gasteiger partial charge >= 0.3 is 0 Å². The first-order valence-electron chi connectivity index (χ1n) is 7.74. The van der Waals surface area contributed by atoms with E-state index in [0.29, 0.717) is 6.04 Å². The summed E-state index contributed by atoms with van der Waals surface area (Å²) in [7, 11) is 3.88. The third-order valence-electron chi connectivity index (χ3n) is 4.05. The summed E-state index contributed by atoms with van der Waals surface area (Å²) in [5.74, 6) is 1.03. The molecule has 5 heteroatoms. The molecule has 1 saturated carbocycles. The first-order chi connectivity index (χ1) is 9.79. The summed E-state index contributed by atoms with van der Waals surface area (Å²) in [6, 6.07) is 0.608. The van der Waals surface area contributed by atoms with E-state index < -0.39 is 0 Å². The number of methoxy groups -OCH3 is 1. The number of rotatable bonds is 8. The van der Waals surface area contributed by atoms with Gasteiger partial charge < -0.3 is 19.5 Å². The summed E-state index contributed by atoms with van der Waals surface area (Å²) in [6.07, 6.45) is 10.6. The van der Waals surface area contributed by atoms with Crippen molar-refractivity contribution in [1.29, 1.82) is 0 Å². The Kier molecular flexibility index (Phi) is 6.33. The fourth-order valence-electron chi connectivity index (χ4n) is 2.70. The normalized spacial score (nSPS) is 16.8. The third-order valence-corrected chi connectivity index (χ3v) is 4.05. The van der Waals surface area contributed by atoms with Crippen LogP contribution in [0, 0.1) is 0 Å². The molecule has 0 unspecified atom stereocenters. The van der Waals surface area contributed by atoms with Crippen molar-refractivity contribution in [3.63, 3.8) is 0 Å². The highest BCUT2D eigenvalue weighted by Crippen LogP contribution is 2.20. The molecule has 114 valence electrons.